The van der Waals surface area contributed by atoms with E-state index in [4.69, 9.17) is 4.74 Å². The van der Waals surface area contributed by atoms with E-state index in [-0.39, 0.29) is 18.0 Å². The van der Waals surface area contributed by atoms with Crippen LogP contribution in [0.4, 0.5) is 4.79 Å². The van der Waals surface area contributed by atoms with Crippen molar-refractivity contribution in [2.45, 2.75) is 45.3 Å². The predicted molar refractivity (Wildman–Crippen MR) is 68.3 cm³/mol. The fourth-order valence-electron chi connectivity index (χ4n) is 1.65. The van der Waals surface area contributed by atoms with Crippen LogP contribution in [-0.2, 0) is 9.53 Å². The Hall–Kier alpha value is -1.30. The molecule has 104 valence electrons. The minimum atomic E-state index is -0.460. The van der Waals surface area contributed by atoms with Crippen molar-refractivity contribution in [2.24, 2.45) is 0 Å². The largest absolute Gasteiger partial charge is 0.444 e. The van der Waals surface area contributed by atoms with Crippen molar-refractivity contribution < 1.29 is 14.3 Å². The second-order valence-corrected chi connectivity index (χ2v) is 5.44. The third-order valence-electron chi connectivity index (χ3n) is 2.43. The molecule has 1 aliphatic heterocycles. The highest BCUT2D eigenvalue weighted by molar-refractivity contribution is 5.78. The first-order chi connectivity index (χ1) is 8.37. The Morgan fingerprint density at radius 1 is 1.44 bits per heavy atom. The van der Waals surface area contributed by atoms with E-state index in [9.17, 15) is 9.59 Å². The minimum absolute atomic E-state index is 0.0966. The van der Waals surface area contributed by atoms with Crippen LogP contribution in [0.25, 0.3) is 0 Å². The average molecular weight is 257 g/mol. The number of nitrogens with one attached hydrogen (secondary N) is 3. The fourth-order valence-corrected chi connectivity index (χ4v) is 1.65. The number of hydrogen-bond acceptors (Lipinski definition) is 4. The molecule has 18 heavy (non-hydrogen) atoms. The molecular formula is C12H23N3O3. The van der Waals surface area contributed by atoms with Crippen LogP contribution in [0.3, 0.4) is 0 Å². The highest BCUT2D eigenvalue weighted by Gasteiger charge is 2.20. The molecule has 0 aromatic heterocycles. The van der Waals surface area contributed by atoms with E-state index in [1.165, 1.54) is 0 Å². The molecule has 0 aromatic rings. The third-order valence-corrected chi connectivity index (χ3v) is 2.43. The van der Waals surface area contributed by atoms with E-state index in [0.717, 1.165) is 13.0 Å². The van der Waals surface area contributed by atoms with E-state index in [0.29, 0.717) is 19.5 Å². The molecule has 1 aliphatic rings. The van der Waals surface area contributed by atoms with Gasteiger partial charge in [-0.3, -0.25) is 4.79 Å². The molecule has 6 heteroatoms. The summed E-state index contributed by atoms with van der Waals surface area (Å²) in [5.41, 5.74) is -0.460. The molecule has 2 amide bonds. The Labute approximate surface area is 108 Å². The van der Waals surface area contributed by atoms with Crippen molar-refractivity contribution in [3.05, 3.63) is 0 Å². The van der Waals surface area contributed by atoms with Gasteiger partial charge in [-0.15, -0.1) is 0 Å². The summed E-state index contributed by atoms with van der Waals surface area (Å²) in [4.78, 5) is 22.3. The molecule has 1 unspecified atom stereocenters. The van der Waals surface area contributed by atoms with Crippen molar-refractivity contribution >= 4 is 12.0 Å². The summed E-state index contributed by atoms with van der Waals surface area (Å²) in [7, 11) is 0. The van der Waals surface area contributed by atoms with Gasteiger partial charge in [0.25, 0.3) is 0 Å². The summed E-state index contributed by atoms with van der Waals surface area (Å²) in [5.74, 6) is 0.0966. The Balaban J connectivity index is 1.98. The topological polar surface area (TPSA) is 79.5 Å². The first-order valence-electron chi connectivity index (χ1n) is 6.34. The summed E-state index contributed by atoms with van der Waals surface area (Å²) in [6.07, 6.45) is 0.962. The zero-order valence-corrected chi connectivity index (χ0v) is 11.3. The van der Waals surface area contributed by atoms with E-state index >= 15 is 0 Å². The van der Waals surface area contributed by atoms with Gasteiger partial charge in [0, 0.05) is 25.6 Å². The van der Waals surface area contributed by atoms with E-state index in [1.807, 2.05) is 20.8 Å². The first kappa shape index (κ1) is 14.8. The highest BCUT2D eigenvalue weighted by Crippen LogP contribution is 2.06. The average Bonchev–Trinajstić information content (AvgIpc) is 2.61. The van der Waals surface area contributed by atoms with Gasteiger partial charge in [0.15, 0.2) is 0 Å². The molecule has 1 atom stereocenters. The highest BCUT2D eigenvalue weighted by atomic mass is 16.6. The van der Waals surface area contributed by atoms with Crippen LogP contribution in [0.2, 0.25) is 0 Å². The maximum Gasteiger partial charge on any atom is 0.407 e. The number of carbonyl (C=O) groups excluding carboxylic acids is 2. The van der Waals surface area contributed by atoms with Crippen LogP contribution < -0.4 is 16.0 Å². The Morgan fingerprint density at radius 2 is 2.17 bits per heavy atom. The van der Waals surface area contributed by atoms with Crippen LogP contribution in [-0.4, -0.2) is 43.3 Å². The maximum atomic E-state index is 11.3. The van der Waals surface area contributed by atoms with Crippen molar-refractivity contribution in [3.63, 3.8) is 0 Å². The standard InChI is InChI=1S/C12H23N3O3/c1-12(2,3)18-11(17)14-6-4-5-13-9-7-10(16)15-8-9/h9,13H,4-8H2,1-3H3,(H,14,17)(H,15,16). The van der Waals surface area contributed by atoms with Crippen molar-refractivity contribution in [2.75, 3.05) is 19.6 Å². The first-order valence-corrected chi connectivity index (χ1v) is 6.34. The number of alkyl carbamates (subject to hydrolysis) is 1. The second kappa shape index (κ2) is 6.58. The lowest BCUT2D eigenvalue weighted by atomic mass is 10.2. The van der Waals surface area contributed by atoms with Gasteiger partial charge in [0.1, 0.15) is 5.60 Å². The predicted octanol–water partition coefficient (Wildman–Crippen LogP) is 0.379. The van der Waals surface area contributed by atoms with E-state index < -0.39 is 5.60 Å². The fraction of sp³-hybridized carbons (Fsp3) is 0.833. The molecule has 0 aliphatic carbocycles. The third kappa shape index (κ3) is 6.44. The molecule has 1 heterocycles. The molecular weight excluding hydrogens is 234 g/mol. The number of ether oxygens (including phenoxy) is 1. The van der Waals surface area contributed by atoms with Gasteiger partial charge in [0.05, 0.1) is 0 Å². The summed E-state index contributed by atoms with van der Waals surface area (Å²) in [6.45, 7) is 7.53. The van der Waals surface area contributed by atoms with Gasteiger partial charge in [-0.05, 0) is 33.7 Å². The Morgan fingerprint density at radius 3 is 2.72 bits per heavy atom. The molecule has 0 aromatic carbocycles. The van der Waals surface area contributed by atoms with Crippen LogP contribution in [0.15, 0.2) is 0 Å². The number of hydrogen-bond donors (Lipinski definition) is 3. The Bertz CT molecular complexity index is 299. The summed E-state index contributed by atoms with van der Waals surface area (Å²) in [6, 6.07) is 0.221. The molecule has 1 fully saturated rings. The molecule has 6 nitrogen and oxygen atoms in total. The normalized spacial score (nSPS) is 19.5. The van der Waals surface area contributed by atoms with Crippen LogP contribution >= 0.6 is 0 Å². The Kier molecular flexibility index (Phi) is 5.40. The number of carbonyl (C=O) groups is 2. The number of amides is 2. The minimum Gasteiger partial charge on any atom is -0.444 e. The van der Waals surface area contributed by atoms with Crippen LogP contribution in [0.1, 0.15) is 33.6 Å². The van der Waals surface area contributed by atoms with Crippen molar-refractivity contribution in [3.8, 4) is 0 Å². The molecule has 0 saturated carbocycles. The summed E-state index contributed by atoms with van der Waals surface area (Å²) in [5, 5.41) is 8.71. The lowest BCUT2D eigenvalue weighted by Crippen LogP contribution is -2.36. The molecule has 0 radical (unpaired) electrons. The van der Waals surface area contributed by atoms with Crippen LogP contribution in [0, 0.1) is 0 Å². The zero-order chi connectivity index (χ0) is 13.6. The molecule has 1 rings (SSSR count). The quantitative estimate of drug-likeness (QED) is 0.622. The van der Waals surface area contributed by atoms with Gasteiger partial charge in [-0.1, -0.05) is 0 Å². The lowest BCUT2D eigenvalue weighted by molar-refractivity contribution is -0.119. The van der Waals surface area contributed by atoms with Gasteiger partial charge in [-0.25, -0.2) is 4.79 Å². The van der Waals surface area contributed by atoms with Gasteiger partial charge in [-0.2, -0.15) is 0 Å². The molecule has 3 N–H and O–H groups in total. The second-order valence-electron chi connectivity index (χ2n) is 5.44. The number of rotatable bonds is 5. The maximum absolute atomic E-state index is 11.3. The lowest BCUT2D eigenvalue weighted by Gasteiger charge is -2.19. The molecule has 0 bridgehead atoms. The van der Waals surface area contributed by atoms with Crippen molar-refractivity contribution in [1.29, 1.82) is 0 Å². The molecule has 1 saturated heterocycles. The van der Waals surface area contributed by atoms with Gasteiger partial charge < -0.3 is 20.7 Å². The van der Waals surface area contributed by atoms with Crippen molar-refractivity contribution in [1.82, 2.24) is 16.0 Å². The van der Waals surface area contributed by atoms with Crippen LogP contribution in [0.5, 0.6) is 0 Å². The van der Waals surface area contributed by atoms with E-state index in [2.05, 4.69) is 16.0 Å². The van der Waals surface area contributed by atoms with Gasteiger partial charge in [0.2, 0.25) is 5.91 Å². The smallest absolute Gasteiger partial charge is 0.407 e. The monoisotopic (exact) mass is 257 g/mol. The van der Waals surface area contributed by atoms with Gasteiger partial charge >= 0.3 is 6.09 Å². The summed E-state index contributed by atoms with van der Waals surface area (Å²) < 4.78 is 5.11. The molecule has 0 spiro atoms. The van der Waals surface area contributed by atoms with E-state index in [1.54, 1.807) is 0 Å². The SMILES string of the molecule is CC(C)(C)OC(=O)NCCCNC1CNC(=O)C1. The zero-order valence-electron chi connectivity index (χ0n) is 11.3. The summed E-state index contributed by atoms with van der Waals surface area (Å²) >= 11 is 0.